The molecule has 0 unspecified atom stereocenters. The Hall–Kier alpha value is -2.36. The van der Waals surface area contributed by atoms with Crippen molar-refractivity contribution in [3.63, 3.8) is 0 Å². The first-order chi connectivity index (χ1) is 13.1. The van der Waals surface area contributed by atoms with E-state index in [-0.39, 0.29) is 29.7 Å². The first-order valence-corrected chi connectivity index (χ1v) is 9.05. The molecular weight excluding hydrogens is 471 g/mol. The Balaban J connectivity index is 0.00000280. The van der Waals surface area contributed by atoms with Gasteiger partial charge in [0.25, 0.3) is 5.69 Å². The van der Waals surface area contributed by atoms with Crippen LogP contribution in [-0.2, 0) is 13.0 Å². The number of nitro benzene ring substituents is 1. The van der Waals surface area contributed by atoms with Gasteiger partial charge in [0.05, 0.1) is 18.6 Å². The molecular formula is C20H25IN4O3. The predicted octanol–water partition coefficient (Wildman–Crippen LogP) is 3.66. The number of rotatable bonds is 8. The second-order valence-corrected chi connectivity index (χ2v) is 6.53. The number of aliphatic imine (C=N–C) groups is 1. The van der Waals surface area contributed by atoms with Crippen molar-refractivity contribution in [1.82, 2.24) is 10.6 Å². The number of ether oxygens (including phenoxy) is 1. The van der Waals surface area contributed by atoms with Crippen LogP contribution in [0.25, 0.3) is 0 Å². The molecule has 0 spiro atoms. The number of guanidine groups is 1. The van der Waals surface area contributed by atoms with Gasteiger partial charge in [0.1, 0.15) is 5.75 Å². The number of hydrogen-bond donors (Lipinski definition) is 2. The number of non-ortho nitro benzene ring substituents is 1. The highest BCUT2D eigenvalue weighted by Crippen LogP contribution is 2.18. The quantitative estimate of drug-likeness (QED) is 0.192. The van der Waals surface area contributed by atoms with E-state index < -0.39 is 4.92 Å². The lowest BCUT2D eigenvalue weighted by molar-refractivity contribution is -0.384. The van der Waals surface area contributed by atoms with Crippen LogP contribution in [0.5, 0.6) is 5.75 Å². The zero-order valence-electron chi connectivity index (χ0n) is 15.8. The Labute approximate surface area is 181 Å². The third-order valence-electron chi connectivity index (χ3n) is 4.35. The van der Waals surface area contributed by atoms with E-state index in [0.29, 0.717) is 12.6 Å². The normalized spacial score (nSPS) is 13.4. The first kappa shape index (κ1) is 21.9. The number of nitro groups is 1. The molecule has 28 heavy (non-hydrogen) atoms. The molecule has 0 radical (unpaired) electrons. The molecule has 1 aliphatic rings. The van der Waals surface area contributed by atoms with Crippen molar-refractivity contribution < 1.29 is 9.66 Å². The van der Waals surface area contributed by atoms with Gasteiger partial charge in [-0.3, -0.25) is 10.1 Å². The van der Waals surface area contributed by atoms with Crippen molar-refractivity contribution in [1.29, 1.82) is 0 Å². The Kier molecular flexibility index (Phi) is 8.49. The van der Waals surface area contributed by atoms with Gasteiger partial charge in [0.2, 0.25) is 0 Å². The van der Waals surface area contributed by atoms with Crippen LogP contribution < -0.4 is 15.4 Å². The summed E-state index contributed by atoms with van der Waals surface area (Å²) in [5.41, 5.74) is 2.26. The van der Waals surface area contributed by atoms with Crippen LogP contribution in [0.15, 0.2) is 53.5 Å². The Morgan fingerprint density at radius 1 is 1.14 bits per heavy atom. The summed E-state index contributed by atoms with van der Waals surface area (Å²) in [5.74, 6) is 1.64. The number of benzene rings is 2. The molecule has 1 saturated carbocycles. The molecule has 0 saturated heterocycles. The Morgan fingerprint density at radius 3 is 2.36 bits per heavy atom. The summed E-state index contributed by atoms with van der Waals surface area (Å²) in [7, 11) is 1.66. The van der Waals surface area contributed by atoms with Gasteiger partial charge in [-0.15, -0.1) is 24.0 Å². The Morgan fingerprint density at radius 2 is 1.79 bits per heavy atom. The summed E-state index contributed by atoms with van der Waals surface area (Å²) in [6.07, 6.45) is 3.21. The van der Waals surface area contributed by atoms with E-state index in [1.165, 1.54) is 17.7 Å². The molecule has 0 bridgehead atoms. The fourth-order valence-corrected chi connectivity index (χ4v) is 2.58. The maximum absolute atomic E-state index is 10.7. The van der Waals surface area contributed by atoms with Gasteiger partial charge in [-0.2, -0.15) is 0 Å². The summed E-state index contributed by atoms with van der Waals surface area (Å²) < 4.78 is 5.17. The smallest absolute Gasteiger partial charge is 0.269 e. The molecule has 150 valence electrons. The predicted molar refractivity (Wildman–Crippen MR) is 121 cm³/mol. The fourth-order valence-electron chi connectivity index (χ4n) is 2.58. The molecule has 0 amide bonds. The molecule has 2 aromatic carbocycles. The summed E-state index contributed by atoms with van der Waals surface area (Å²) >= 11 is 0. The molecule has 7 nitrogen and oxygen atoms in total. The van der Waals surface area contributed by atoms with E-state index in [9.17, 15) is 10.1 Å². The number of halogens is 1. The topological polar surface area (TPSA) is 88.8 Å². The van der Waals surface area contributed by atoms with Crippen LogP contribution in [0.4, 0.5) is 5.69 Å². The maximum atomic E-state index is 10.7. The SMILES string of the molecule is COc1ccc(CCNC(=NCc2ccc([N+](=O)[O-])cc2)NC2CC2)cc1.I. The number of methoxy groups -OCH3 is 1. The highest BCUT2D eigenvalue weighted by molar-refractivity contribution is 14.0. The van der Waals surface area contributed by atoms with Crippen molar-refractivity contribution >= 4 is 35.6 Å². The number of hydrogen-bond acceptors (Lipinski definition) is 4. The average molecular weight is 496 g/mol. The molecule has 3 rings (SSSR count). The standard InChI is InChI=1S/C20H24N4O3.HI/c1-27-19-10-4-15(5-11-19)12-13-21-20(23-17-6-7-17)22-14-16-2-8-18(9-3-16)24(25)26;/h2-5,8-11,17H,6-7,12-14H2,1H3,(H2,21,22,23);1H. The zero-order valence-corrected chi connectivity index (χ0v) is 18.1. The van der Waals surface area contributed by atoms with Crippen LogP contribution in [0.2, 0.25) is 0 Å². The zero-order chi connectivity index (χ0) is 19.1. The van der Waals surface area contributed by atoms with Crippen molar-refractivity contribution in [3.8, 4) is 5.75 Å². The van der Waals surface area contributed by atoms with Crippen molar-refractivity contribution in [2.24, 2.45) is 4.99 Å². The third kappa shape index (κ3) is 6.99. The van der Waals surface area contributed by atoms with Gasteiger partial charge in [-0.05, 0) is 42.5 Å². The molecule has 0 aliphatic heterocycles. The van der Waals surface area contributed by atoms with Crippen molar-refractivity contribution in [2.45, 2.75) is 31.8 Å². The maximum Gasteiger partial charge on any atom is 0.269 e. The third-order valence-corrected chi connectivity index (χ3v) is 4.35. The molecule has 1 fully saturated rings. The summed E-state index contributed by atoms with van der Waals surface area (Å²) in [6.45, 7) is 1.24. The van der Waals surface area contributed by atoms with Gasteiger partial charge in [0.15, 0.2) is 5.96 Å². The molecule has 0 heterocycles. The van der Waals surface area contributed by atoms with E-state index >= 15 is 0 Å². The average Bonchev–Trinajstić information content (AvgIpc) is 3.51. The molecule has 0 atom stereocenters. The monoisotopic (exact) mass is 496 g/mol. The van der Waals surface area contributed by atoms with Gasteiger partial charge < -0.3 is 15.4 Å². The Bertz CT molecular complexity index is 790. The molecule has 8 heteroatoms. The van der Waals surface area contributed by atoms with Crippen LogP contribution >= 0.6 is 24.0 Å². The highest BCUT2D eigenvalue weighted by atomic mass is 127. The fraction of sp³-hybridized carbons (Fsp3) is 0.350. The van der Waals surface area contributed by atoms with Gasteiger partial charge in [0, 0.05) is 24.7 Å². The molecule has 1 aliphatic carbocycles. The summed E-state index contributed by atoms with van der Waals surface area (Å²) in [5, 5.41) is 17.5. The van der Waals surface area contributed by atoms with Gasteiger partial charge in [-0.1, -0.05) is 24.3 Å². The minimum absolute atomic E-state index is 0. The van der Waals surface area contributed by atoms with Crippen molar-refractivity contribution in [2.75, 3.05) is 13.7 Å². The second kappa shape index (κ2) is 10.8. The van der Waals surface area contributed by atoms with Crippen LogP contribution in [0.3, 0.4) is 0 Å². The van der Waals surface area contributed by atoms with Crippen molar-refractivity contribution in [3.05, 3.63) is 69.8 Å². The summed E-state index contributed by atoms with van der Waals surface area (Å²) in [4.78, 5) is 14.9. The van der Waals surface area contributed by atoms with E-state index in [1.807, 2.05) is 12.1 Å². The lowest BCUT2D eigenvalue weighted by Gasteiger charge is -2.12. The largest absolute Gasteiger partial charge is 0.497 e. The first-order valence-electron chi connectivity index (χ1n) is 9.05. The van der Waals surface area contributed by atoms with Crippen LogP contribution in [-0.4, -0.2) is 30.6 Å². The van der Waals surface area contributed by atoms with E-state index in [2.05, 4.69) is 27.8 Å². The van der Waals surface area contributed by atoms with Gasteiger partial charge >= 0.3 is 0 Å². The van der Waals surface area contributed by atoms with E-state index in [4.69, 9.17) is 4.74 Å². The van der Waals surface area contributed by atoms with Crippen LogP contribution in [0, 0.1) is 10.1 Å². The minimum Gasteiger partial charge on any atom is -0.497 e. The summed E-state index contributed by atoms with van der Waals surface area (Å²) in [6, 6.07) is 15.0. The molecule has 2 aromatic rings. The minimum atomic E-state index is -0.395. The second-order valence-electron chi connectivity index (χ2n) is 6.53. The lowest BCUT2D eigenvalue weighted by atomic mass is 10.1. The van der Waals surface area contributed by atoms with Crippen LogP contribution in [0.1, 0.15) is 24.0 Å². The van der Waals surface area contributed by atoms with Gasteiger partial charge in [-0.25, -0.2) is 4.99 Å². The number of nitrogens with one attached hydrogen (secondary N) is 2. The number of nitrogens with zero attached hydrogens (tertiary/aromatic N) is 2. The molecule has 2 N–H and O–H groups in total. The lowest BCUT2D eigenvalue weighted by Crippen LogP contribution is -2.39. The van der Waals surface area contributed by atoms with E-state index in [0.717, 1.165) is 43.1 Å². The highest BCUT2D eigenvalue weighted by Gasteiger charge is 2.22. The molecule has 0 aromatic heterocycles. The van der Waals surface area contributed by atoms with E-state index in [1.54, 1.807) is 19.2 Å².